The molecule has 0 aromatic heterocycles. The van der Waals surface area contributed by atoms with E-state index >= 15 is 0 Å². The number of unbranched alkanes of at least 4 members (excludes halogenated alkanes) is 4. The van der Waals surface area contributed by atoms with E-state index in [2.05, 4.69) is 18.7 Å². The Hall–Kier alpha value is -3.26. The number of benzene rings is 2. The van der Waals surface area contributed by atoms with Gasteiger partial charge in [0.25, 0.3) is 0 Å². The fourth-order valence-corrected chi connectivity index (χ4v) is 5.81. The van der Waals surface area contributed by atoms with Crippen molar-refractivity contribution in [1.29, 1.82) is 0 Å². The summed E-state index contributed by atoms with van der Waals surface area (Å²) in [5, 5.41) is 10.5. The first-order valence-electron chi connectivity index (χ1n) is 14.2. The summed E-state index contributed by atoms with van der Waals surface area (Å²) in [6, 6.07) is 12.7. The average molecular weight is 539 g/mol. The number of carboxylic acids is 1. The Kier molecular flexibility index (Phi) is 10.1. The third-order valence-corrected chi connectivity index (χ3v) is 7.92. The van der Waals surface area contributed by atoms with E-state index < -0.39 is 17.9 Å². The highest BCUT2D eigenvalue weighted by molar-refractivity contribution is 5.79. The van der Waals surface area contributed by atoms with E-state index in [1.165, 1.54) is 0 Å². The molecule has 1 N–H and O–H groups in total. The number of hydrogen-bond acceptors (Lipinski definition) is 6. The molecule has 2 aliphatic rings. The first kappa shape index (κ1) is 28.7. The van der Waals surface area contributed by atoms with E-state index in [0.717, 1.165) is 62.7 Å². The zero-order chi connectivity index (χ0) is 27.8. The van der Waals surface area contributed by atoms with Gasteiger partial charge in [0.2, 0.25) is 12.7 Å². The van der Waals surface area contributed by atoms with Gasteiger partial charge in [0.1, 0.15) is 5.75 Å². The van der Waals surface area contributed by atoms with Gasteiger partial charge in [0.05, 0.1) is 19.6 Å². The summed E-state index contributed by atoms with van der Waals surface area (Å²) >= 11 is 0. The lowest BCUT2D eigenvalue weighted by molar-refractivity contribution is -0.144. The van der Waals surface area contributed by atoms with E-state index in [4.69, 9.17) is 14.2 Å². The number of hydrogen-bond donors (Lipinski definition) is 1. The van der Waals surface area contributed by atoms with E-state index in [0.29, 0.717) is 23.8 Å². The van der Waals surface area contributed by atoms with Crippen LogP contribution in [0.4, 0.5) is 0 Å². The maximum atomic E-state index is 13.7. The van der Waals surface area contributed by atoms with Crippen LogP contribution in [0.5, 0.6) is 17.2 Å². The number of likely N-dealkylation sites (tertiary alicyclic amines) is 1. The summed E-state index contributed by atoms with van der Waals surface area (Å²) in [4.78, 5) is 30.6. The van der Waals surface area contributed by atoms with Gasteiger partial charge >= 0.3 is 5.97 Å². The van der Waals surface area contributed by atoms with Crippen molar-refractivity contribution >= 4 is 11.9 Å². The van der Waals surface area contributed by atoms with E-state index in [-0.39, 0.29) is 25.2 Å². The normalized spacial score (nSPS) is 20.2. The van der Waals surface area contributed by atoms with Crippen molar-refractivity contribution in [3.63, 3.8) is 0 Å². The molecule has 0 saturated carbocycles. The van der Waals surface area contributed by atoms with Crippen LogP contribution in [0.15, 0.2) is 42.5 Å². The summed E-state index contributed by atoms with van der Waals surface area (Å²) in [6.07, 6.45) is 6.33. The van der Waals surface area contributed by atoms with Gasteiger partial charge in [0.15, 0.2) is 11.5 Å². The van der Waals surface area contributed by atoms with Crippen molar-refractivity contribution in [3.8, 4) is 17.2 Å². The quantitative estimate of drug-likeness (QED) is 0.319. The van der Waals surface area contributed by atoms with Crippen LogP contribution in [0.1, 0.15) is 75.5 Å². The van der Waals surface area contributed by atoms with Gasteiger partial charge in [-0.25, -0.2) is 0 Å². The van der Waals surface area contributed by atoms with Crippen molar-refractivity contribution in [2.75, 3.05) is 40.1 Å². The molecule has 39 heavy (non-hydrogen) atoms. The molecule has 1 unspecified atom stereocenters. The predicted molar refractivity (Wildman–Crippen MR) is 149 cm³/mol. The second-order valence-electron chi connectivity index (χ2n) is 10.5. The van der Waals surface area contributed by atoms with Crippen molar-refractivity contribution in [1.82, 2.24) is 9.80 Å². The highest BCUT2D eigenvalue weighted by Crippen LogP contribution is 2.47. The van der Waals surface area contributed by atoms with E-state index in [1.807, 2.05) is 47.4 Å². The predicted octanol–water partition coefficient (Wildman–Crippen LogP) is 5.47. The standard InChI is InChI=1S/C31H42N2O6/c1-4-6-8-16-32(17-9-7-5-2)28(34)20-33-19-25(23-12-15-26-27(18-23)39-21-38-26)29(31(35)36)30(33)22-10-13-24(37-3)14-11-22/h10-15,18,25,29-30H,4-9,16-17,19-21H2,1-3H3,(H,35,36)/t25?,29-,30+/m0/s1. The molecule has 8 heteroatoms. The molecule has 0 aliphatic carbocycles. The van der Waals surface area contributed by atoms with Crippen LogP contribution in [-0.2, 0) is 9.59 Å². The van der Waals surface area contributed by atoms with Gasteiger partial charge in [-0.05, 0) is 48.2 Å². The van der Waals surface area contributed by atoms with E-state index in [1.54, 1.807) is 7.11 Å². The molecule has 212 valence electrons. The van der Waals surface area contributed by atoms with Crippen LogP contribution in [0.25, 0.3) is 0 Å². The van der Waals surface area contributed by atoms with Crippen molar-refractivity contribution in [2.24, 2.45) is 5.92 Å². The van der Waals surface area contributed by atoms with Gasteiger partial charge in [-0.2, -0.15) is 0 Å². The number of carbonyl (C=O) groups excluding carboxylic acids is 1. The van der Waals surface area contributed by atoms with Crippen LogP contribution >= 0.6 is 0 Å². The lowest BCUT2D eigenvalue weighted by Crippen LogP contribution is -2.42. The first-order valence-corrected chi connectivity index (χ1v) is 14.2. The number of rotatable bonds is 14. The lowest BCUT2D eigenvalue weighted by Gasteiger charge is -2.30. The molecule has 2 heterocycles. The number of nitrogens with zero attached hydrogens (tertiary/aromatic N) is 2. The number of ether oxygens (including phenoxy) is 3. The second kappa shape index (κ2) is 13.7. The number of carbonyl (C=O) groups is 2. The maximum Gasteiger partial charge on any atom is 0.309 e. The fourth-order valence-electron chi connectivity index (χ4n) is 5.81. The number of carboxylic acid groups (broad SMARTS) is 1. The Morgan fingerprint density at radius 3 is 2.21 bits per heavy atom. The largest absolute Gasteiger partial charge is 0.497 e. The molecule has 1 saturated heterocycles. The molecule has 2 aliphatic heterocycles. The van der Waals surface area contributed by atoms with Gasteiger partial charge in [0, 0.05) is 31.6 Å². The highest BCUT2D eigenvalue weighted by Gasteiger charge is 2.48. The molecule has 3 atom stereocenters. The van der Waals surface area contributed by atoms with Crippen LogP contribution < -0.4 is 14.2 Å². The molecule has 0 radical (unpaired) electrons. The Bertz CT molecular complexity index is 1090. The first-order chi connectivity index (χ1) is 19.0. The van der Waals surface area contributed by atoms with Crippen molar-refractivity contribution in [3.05, 3.63) is 53.6 Å². The summed E-state index contributed by atoms with van der Waals surface area (Å²) in [5.41, 5.74) is 1.74. The van der Waals surface area contributed by atoms with Gasteiger partial charge < -0.3 is 24.2 Å². The molecule has 1 fully saturated rings. The lowest BCUT2D eigenvalue weighted by atomic mass is 9.82. The highest BCUT2D eigenvalue weighted by atomic mass is 16.7. The fraction of sp³-hybridized carbons (Fsp3) is 0.548. The number of amides is 1. The van der Waals surface area contributed by atoms with Crippen molar-refractivity contribution < 1.29 is 28.9 Å². The van der Waals surface area contributed by atoms with Gasteiger partial charge in [-0.15, -0.1) is 0 Å². The Morgan fingerprint density at radius 1 is 0.949 bits per heavy atom. The zero-order valence-corrected chi connectivity index (χ0v) is 23.4. The molecule has 2 aromatic rings. The number of fused-ring (bicyclic) bond motifs is 1. The molecular weight excluding hydrogens is 496 g/mol. The SMILES string of the molecule is CCCCCN(CCCCC)C(=O)CN1CC(c2ccc3c(c2)OCO3)[C@H](C(=O)O)[C@H]1c1ccc(OC)cc1. The van der Waals surface area contributed by atoms with Crippen LogP contribution in [0, 0.1) is 5.92 Å². The monoisotopic (exact) mass is 538 g/mol. The molecule has 2 aromatic carbocycles. The molecule has 1 amide bonds. The third kappa shape index (κ3) is 6.85. The number of methoxy groups -OCH3 is 1. The zero-order valence-electron chi connectivity index (χ0n) is 23.4. The Balaban J connectivity index is 1.64. The van der Waals surface area contributed by atoms with Crippen molar-refractivity contribution in [2.45, 2.75) is 64.3 Å². The molecule has 0 bridgehead atoms. The Morgan fingerprint density at radius 2 is 1.59 bits per heavy atom. The van der Waals surface area contributed by atoms with Gasteiger partial charge in [-0.3, -0.25) is 14.5 Å². The summed E-state index contributed by atoms with van der Waals surface area (Å²) < 4.78 is 16.4. The summed E-state index contributed by atoms with van der Waals surface area (Å²) in [7, 11) is 1.61. The summed E-state index contributed by atoms with van der Waals surface area (Å²) in [5.74, 6) is 0.136. The van der Waals surface area contributed by atoms with Crippen LogP contribution in [0.2, 0.25) is 0 Å². The topological polar surface area (TPSA) is 88.5 Å². The molecule has 0 spiro atoms. The molecular formula is C31H42N2O6. The number of aliphatic carboxylic acids is 1. The minimum atomic E-state index is -0.879. The average Bonchev–Trinajstić information content (AvgIpc) is 3.56. The minimum Gasteiger partial charge on any atom is -0.497 e. The minimum absolute atomic E-state index is 0.0659. The van der Waals surface area contributed by atoms with E-state index in [9.17, 15) is 14.7 Å². The maximum absolute atomic E-state index is 13.7. The van der Waals surface area contributed by atoms with Crippen LogP contribution in [-0.4, -0.2) is 66.9 Å². The summed E-state index contributed by atoms with van der Waals surface area (Å²) in [6.45, 7) is 6.60. The third-order valence-electron chi connectivity index (χ3n) is 7.92. The molecule has 4 rings (SSSR count). The smallest absolute Gasteiger partial charge is 0.309 e. The van der Waals surface area contributed by atoms with Gasteiger partial charge in [-0.1, -0.05) is 57.7 Å². The molecule has 8 nitrogen and oxygen atoms in total. The van der Waals surface area contributed by atoms with Crippen LogP contribution in [0.3, 0.4) is 0 Å². The Labute approximate surface area is 231 Å². The second-order valence-corrected chi connectivity index (χ2v) is 10.5.